The highest BCUT2D eigenvalue weighted by Crippen LogP contribution is 2.18. The average molecular weight is 276 g/mol. The van der Waals surface area contributed by atoms with Crippen LogP contribution in [-0.2, 0) is 0 Å². The molecule has 0 aliphatic heterocycles. The van der Waals surface area contributed by atoms with E-state index in [0.717, 1.165) is 0 Å². The van der Waals surface area contributed by atoms with Crippen molar-refractivity contribution >= 4 is 18.3 Å². The largest absolute Gasteiger partial charge is 0.361 e. The van der Waals surface area contributed by atoms with E-state index in [4.69, 9.17) is 10.3 Å². The third kappa shape index (κ3) is 3.71. The summed E-state index contributed by atoms with van der Waals surface area (Å²) in [6.45, 7) is 8.72. The SMILES string of the molecule is Cc1noc(C)c1C(=O)N(C)CC(C)(C)CN.Cl. The van der Waals surface area contributed by atoms with Crippen LogP contribution in [0.5, 0.6) is 0 Å². The Morgan fingerprint density at radius 3 is 2.39 bits per heavy atom. The number of nitrogens with two attached hydrogens (primary N) is 1. The zero-order chi connectivity index (χ0) is 13.2. The van der Waals surface area contributed by atoms with Crippen molar-refractivity contribution < 1.29 is 9.32 Å². The summed E-state index contributed by atoms with van der Waals surface area (Å²) in [6.07, 6.45) is 0. The van der Waals surface area contributed by atoms with E-state index in [9.17, 15) is 4.79 Å². The van der Waals surface area contributed by atoms with Crippen LogP contribution in [0.2, 0.25) is 0 Å². The molecule has 0 atom stereocenters. The number of rotatable bonds is 4. The van der Waals surface area contributed by atoms with Gasteiger partial charge in [-0.3, -0.25) is 4.79 Å². The third-order valence-corrected chi connectivity index (χ3v) is 2.81. The maximum absolute atomic E-state index is 12.2. The molecule has 0 unspecified atom stereocenters. The highest BCUT2D eigenvalue weighted by Gasteiger charge is 2.25. The summed E-state index contributed by atoms with van der Waals surface area (Å²) in [6, 6.07) is 0. The van der Waals surface area contributed by atoms with E-state index in [2.05, 4.69) is 5.16 Å². The van der Waals surface area contributed by atoms with Gasteiger partial charge in [-0.25, -0.2) is 0 Å². The lowest BCUT2D eigenvalue weighted by atomic mass is 9.93. The van der Waals surface area contributed by atoms with Gasteiger partial charge in [-0.05, 0) is 25.8 Å². The average Bonchev–Trinajstić information content (AvgIpc) is 2.57. The lowest BCUT2D eigenvalue weighted by molar-refractivity contribution is 0.0738. The summed E-state index contributed by atoms with van der Waals surface area (Å²) < 4.78 is 5.00. The van der Waals surface area contributed by atoms with Gasteiger partial charge < -0.3 is 15.2 Å². The molecule has 5 nitrogen and oxygen atoms in total. The molecule has 0 aromatic carbocycles. The lowest BCUT2D eigenvalue weighted by Gasteiger charge is -2.28. The van der Waals surface area contributed by atoms with Crippen LogP contribution < -0.4 is 5.73 Å². The predicted octanol–water partition coefficient (Wildman–Crippen LogP) is 1.77. The van der Waals surface area contributed by atoms with Gasteiger partial charge in [-0.15, -0.1) is 12.4 Å². The highest BCUT2D eigenvalue weighted by molar-refractivity contribution is 5.95. The van der Waals surface area contributed by atoms with Gasteiger partial charge in [0.05, 0.1) is 5.69 Å². The molecule has 6 heteroatoms. The Kier molecular flexibility index (Phi) is 5.83. The maximum Gasteiger partial charge on any atom is 0.259 e. The second kappa shape index (κ2) is 6.20. The molecule has 18 heavy (non-hydrogen) atoms. The Morgan fingerprint density at radius 2 is 2.00 bits per heavy atom. The van der Waals surface area contributed by atoms with Crippen LogP contribution in [0.1, 0.15) is 35.7 Å². The van der Waals surface area contributed by atoms with E-state index >= 15 is 0 Å². The van der Waals surface area contributed by atoms with Crippen molar-refractivity contribution in [2.45, 2.75) is 27.7 Å². The van der Waals surface area contributed by atoms with Gasteiger partial charge in [0.2, 0.25) is 0 Å². The summed E-state index contributed by atoms with van der Waals surface area (Å²) in [5.74, 6) is 0.493. The fourth-order valence-electron chi connectivity index (χ4n) is 1.76. The lowest BCUT2D eigenvalue weighted by Crippen LogP contribution is -2.40. The molecule has 0 aliphatic carbocycles. The quantitative estimate of drug-likeness (QED) is 0.909. The van der Waals surface area contributed by atoms with E-state index in [1.165, 1.54) is 0 Å². The molecule has 0 saturated carbocycles. The van der Waals surface area contributed by atoms with Crippen molar-refractivity contribution in [3.8, 4) is 0 Å². The number of carbonyl (C=O) groups is 1. The standard InChI is InChI=1S/C12H21N3O2.ClH/c1-8-10(9(2)17-14-8)11(16)15(5)7-12(3,4)6-13;/h6-7,13H2,1-5H3;1H. The Bertz CT molecular complexity index is 396. The van der Waals surface area contributed by atoms with Crippen LogP contribution >= 0.6 is 12.4 Å². The van der Waals surface area contributed by atoms with E-state index in [1.54, 1.807) is 25.8 Å². The number of amides is 1. The van der Waals surface area contributed by atoms with Gasteiger partial charge in [0, 0.05) is 13.6 Å². The smallest absolute Gasteiger partial charge is 0.259 e. The maximum atomic E-state index is 12.2. The second-order valence-electron chi connectivity index (χ2n) is 5.23. The Morgan fingerprint density at radius 1 is 1.44 bits per heavy atom. The van der Waals surface area contributed by atoms with Crippen LogP contribution in [0.15, 0.2) is 4.52 Å². The Hall–Kier alpha value is -1.07. The van der Waals surface area contributed by atoms with Gasteiger partial charge in [-0.2, -0.15) is 0 Å². The number of aryl methyl sites for hydroxylation is 2. The highest BCUT2D eigenvalue weighted by atomic mass is 35.5. The van der Waals surface area contributed by atoms with Crippen LogP contribution in [-0.4, -0.2) is 36.1 Å². The summed E-state index contributed by atoms with van der Waals surface area (Å²) in [5.41, 5.74) is 6.76. The number of hydrogen-bond donors (Lipinski definition) is 1. The third-order valence-electron chi connectivity index (χ3n) is 2.81. The summed E-state index contributed by atoms with van der Waals surface area (Å²) in [7, 11) is 1.77. The van der Waals surface area contributed by atoms with E-state index < -0.39 is 0 Å². The molecule has 0 spiro atoms. The minimum Gasteiger partial charge on any atom is -0.361 e. The summed E-state index contributed by atoms with van der Waals surface area (Å²) >= 11 is 0. The van der Waals surface area contributed by atoms with Crippen molar-refractivity contribution in [2.24, 2.45) is 11.1 Å². The first kappa shape index (κ1) is 16.9. The van der Waals surface area contributed by atoms with E-state index in [0.29, 0.717) is 30.1 Å². The normalized spacial score (nSPS) is 11.0. The fraction of sp³-hybridized carbons (Fsp3) is 0.667. The molecule has 1 heterocycles. The first-order valence-corrected chi connectivity index (χ1v) is 5.67. The molecule has 0 radical (unpaired) electrons. The van der Waals surface area contributed by atoms with Gasteiger partial charge in [0.1, 0.15) is 11.3 Å². The van der Waals surface area contributed by atoms with Crippen LogP contribution in [0.4, 0.5) is 0 Å². The Balaban J connectivity index is 0.00000289. The first-order chi connectivity index (χ1) is 7.78. The topological polar surface area (TPSA) is 72.4 Å². The zero-order valence-electron chi connectivity index (χ0n) is 11.6. The number of carbonyl (C=O) groups excluding carboxylic acids is 1. The fourth-order valence-corrected chi connectivity index (χ4v) is 1.76. The molecule has 1 aromatic heterocycles. The van der Waals surface area contributed by atoms with Crippen molar-refractivity contribution in [3.63, 3.8) is 0 Å². The zero-order valence-corrected chi connectivity index (χ0v) is 12.4. The van der Waals surface area contributed by atoms with Crippen molar-refractivity contribution in [1.29, 1.82) is 0 Å². The van der Waals surface area contributed by atoms with Gasteiger partial charge in [0.15, 0.2) is 0 Å². The molecule has 0 bridgehead atoms. The molecule has 0 fully saturated rings. The van der Waals surface area contributed by atoms with E-state index in [1.807, 2.05) is 13.8 Å². The Labute approximate surface area is 114 Å². The number of aromatic nitrogens is 1. The van der Waals surface area contributed by atoms with Gasteiger partial charge in [-0.1, -0.05) is 19.0 Å². The number of halogens is 1. The van der Waals surface area contributed by atoms with Crippen molar-refractivity contribution in [2.75, 3.05) is 20.1 Å². The second-order valence-corrected chi connectivity index (χ2v) is 5.23. The number of nitrogens with zero attached hydrogens (tertiary/aromatic N) is 2. The number of hydrogen-bond acceptors (Lipinski definition) is 4. The first-order valence-electron chi connectivity index (χ1n) is 5.67. The van der Waals surface area contributed by atoms with Crippen molar-refractivity contribution in [1.82, 2.24) is 10.1 Å². The molecule has 1 amide bonds. The molecule has 0 saturated heterocycles. The minimum atomic E-state index is -0.0939. The van der Waals surface area contributed by atoms with Gasteiger partial charge in [0.25, 0.3) is 5.91 Å². The van der Waals surface area contributed by atoms with Crippen molar-refractivity contribution in [3.05, 3.63) is 17.0 Å². The predicted molar refractivity (Wildman–Crippen MR) is 73.0 cm³/mol. The van der Waals surface area contributed by atoms with E-state index in [-0.39, 0.29) is 23.7 Å². The van der Waals surface area contributed by atoms with Crippen LogP contribution in [0.3, 0.4) is 0 Å². The summed E-state index contributed by atoms with van der Waals surface area (Å²) in [5, 5.41) is 3.79. The minimum absolute atomic E-state index is 0. The van der Waals surface area contributed by atoms with Crippen LogP contribution in [0, 0.1) is 19.3 Å². The molecular formula is C12H22ClN3O2. The van der Waals surface area contributed by atoms with Gasteiger partial charge >= 0.3 is 0 Å². The molecule has 1 aromatic rings. The molecule has 1 rings (SSSR count). The monoisotopic (exact) mass is 275 g/mol. The molecule has 0 aliphatic rings. The summed E-state index contributed by atoms with van der Waals surface area (Å²) in [4.78, 5) is 13.9. The molecule has 2 N–H and O–H groups in total. The van der Waals surface area contributed by atoms with Crippen LogP contribution in [0.25, 0.3) is 0 Å². The molecular weight excluding hydrogens is 254 g/mol. The molecule has 104 valence electrons.